The zero-order valence-electron chi connectivity index (χ0n) is 11.5. The lowest BCUT2D eigenvalue weighted by Crippen LogP contribution is -2.07. The van der Waals surface area contributed by atoms with Crippen LogP contribution in [0, 0.1) is 6.92 Å². The van der Waals surface area contributed by atoms with E-state index < -0.39 is 0 Å². The lowest BCUT2D eigenvalue weighted by Gasteiger charge is -2.13. The summed E-state index contributed by atoms with van der Waals surface area (Å²) in [6, 6.07) is 11.3. The number of rotatable bonds is 1. The van der Waals surface area contributed by atoms with E-state index in [1.807, 2.05) is 0 Å². The highest BCUT2D eigenvalue weighted by molar-refractivity contribution is 5.92. The smallest absolute Gasteiger partial charge is 0.133 e. The van der Waals surface area contributed by atoms with Crippen LogP contribution in [0.2, 0.25) is 0 Å². The van der Waals surface area contributed by atoms with Gasteiger partial charge in [0, 0.05) is 23.8 Å². The fourth-order valence-corrected chi connectivity index (χ4v) is 3.46. The number of nitrogens with two attached hydrogens (primary N) is 1. The van der Waals surface area contributed by atoms with Crippen molar-refractivity contribution in [3.63, 3.8) is 0 Å². The maximum atomic E-state index is 6.03. The van der Waals surface area contributed by atoms with Gasteiger partial charge < -0.3 is 10.3 Å². The Morgan fingerprint density at radius 1 is 1.15 bits per heavy atom. The minimum Gasteiger partial charge on any atom is -0.383 e. The van der Waals surface area contributed by atoms with Crippen molar-refractivity contribution in [3.8, 4) is 0 Å². The third-order valence-electron chi connectivity index (χ3n) is 4.39. The Morgan fingerprint density at radius 2 is 1.85 bits per heavy atom. The Morgan fingerprint density at radius 3 is 2.55 bits per heavy atom. The van der Waals surface area contributed by atoms with Crippen molar-refractivity contribution in [2.45, 2.75) is 25.8 Å². The maximum Gasteiger partial charge on any atom is 0.133 e. The molecule has 0 spiro atoms. The molecule has 1 aliphatic rings. The molecule has 1 aliphatic carbocycles. The van der Waals surface area contributed by atoms with Crippen molar-refractivity contribution < 1.29 is 0 Å². The number of anilines is 1. The monoisotopic (exact) mass is 263 g/mol. The van der Waals surface area contributed by atoms with Gasteiger partial charge in [0.25, 0.3) is 0 Å². The molecule has 1 aromatic carbocycles. The van der Waals surface area contributed by atoms with E-state index in [0.29, 0.717) is 11.9 Å². The normalized spacial score (nSPS) is 14.8. The average molecular weight is 263 g/mol. The van der Waals surface area contributed by atoms with Crippen LogP contribution in [-0.4, -0.2) is 9.55 Å². The Hall–Kier alpha value is -2.29. The number of aromatic nitrogens is 2. The molecule has 0 aliphatic heterocycles. The molecular formula is C17H17N3. The summed E-state index contributed by atoms with van der Waals surface area (Å²) in [5.74, 6) is 0.634. The number of hydrogen-bond acceptors (Lipinski definition) is 2. The summed E-state index contributed by atoms with van der Waals surface area (Å²) in [6.45, 7) is 2.11. The van der Waals surface area contributed by atoms with Crippen LogP contribution in [0.15, 0.2) is 42.7 Å². The van der Waals surface area contributed by atoms with E-state index in [2.05, 4.69) is 53.0 Å². The summed E-state index contributed by atoms with van der Waals surface area (Å²) in [7, 11) is 0. The molecular weight excluding hydrogens is 246 g/mol. The molecule has 2 heterocycles. The Kier molecular flexibility index (Phi) is 2.36. The second kappa shape index (κ2) is 4.10. The summed E-state index contributed by atoms with van der Waals surface area (Å²) < 4.78 is 2.38. The van der Waals surface area contributed by atoms with Gasteiger partial charge in [-0.05, 0) is 42.5 Å². The molecule has 4 rings (SSSR count). The van der Waals surface area contributed by atoms with E-state index in [1.165, 1.54) is 22.2 Å². The fourth-order valence-electron chi connectivity index (χ4n) is 3.46. The van der Waals surface area contributed by atoms with Crippen molar-refractivity contribution in [1.29, 1.82) is 0 Å². The molecule has 3 nitrogen and oxygen atoms in total. The molecule has 0 fully saturated rings. The van der Waals surface area contributed by atoms with E-state index in [1.54, 1.807) is 6.20 Å². The number of nitrogen functional groups attached to an aromatic ring is 1. The molecule has 0 saturated carbocycles. The van der Waals surface area contributed by atoms with Gasteiger partial charge in [0.15, 0.2) is 0 Å². The van der Waals surface area contributed by atoms with E-state index in [0.717, 1.165) is 18.2 Å². The number of aryl methyl sites for hydroxylation is 1. The molecule has 0 radical (unpaired) electrons. The Balaban J connectivity index is 1.84. The highest BCUT2D eigenvalue weighted by atomic mass is 15.0. The zero-order chi connectivity index (χ0) is 13.7. The van der Waals surface area contributed by atoms with E-state index >= 15 is 0 Å². The minimum absolute atomic E-state index is 0.491. The van der Waals surface area contributed by atoms with Crippen LogP contribution in [-0.2, 0) is 12.8 Å². The molecule has 0 bridgehead atoms. The molecule has 3 aromatic rings. The first-order valence-electron chi connectivity index (χ1n) is 7.02. The van der Waals surface area contributed by atoms with Gasteiger partial charge in [0.1, 0.15) is 5.82 Å². The third-order valence-corrected chi connectivity index (χ3v) is 4.39. The predicted molar refractivity (Wildman–Crippen MR) is 81.8 cm³/mol. The standard InChI is InChI=1S/C17H17N3/c1-11-10-20(15-6-7-19-17(18)16(11)15)14-8-12-4-2-3-5-13(12)9-14/h2-7,10,14H,8-9H2,1H3,(H2,18,19). The van der Waals surface area contributed by atoms with Gasteiger partial charge in [-0.25, -0.2) is 4.98 Å². The first kappa shape index (κ1) is 11.5. The lowest BCUT2D eigenvalue weighted by molar-refractivity contribution is 0.546. The minimum atomic E-state index is 0.491. The SMILES string of the molecule is Cc1cn(C2Cc3ccccc3C2)c2ccnc(N)c12. The average Bonchev–Trinajstić information content (AvgIpc) is 3.00. The topological polar surface area (TPSA) is 43.8 Å². The first-order valence-corrected chi connectivity index (χ1v) is 7.02. The van der Waals surface area contributed by atoms with Crippen LogP contribution in [0.25, 0.3) is 10.9 Å². The summed E-state index contributed by atoms with van der Waals surface area (Å²) >= 11 is 0. The van der Waals surface area contributed by atoms with Crippen LogP contribution in [0.3, 0.4) is 0 Å². The molecule has 0 atom stereocenters. The lowest BCUT2D eigenvalue weighted by atomic mass is 10.1. The van der Waals surface area contributed by atoms with Crippen molar-refractivity contribution in [1.82, 2.24) is 9.55 Å². The van der Waals surface area contributed by atoms with E-state index in [9.17, 15) is 0 Å². The molecule has 2 aromatic heterocycles. The van der Waals surface area contributed by atoms with Gasteiger partial charge in [-0.3, -0.25) is 0 Å². The number of fused-ring (bicyclic) bond motifs is 2. The number of hydrogen-bond donors (Lipinski definition) is 1. The predicted octanol–water partition coefficient (Wildman–Crippen LogP) is 3.27. The maximum absolute atomic E-state index is 6.03. The quantitative estimate of drug-likeness (QED) is 0.732. The second-order valence-corrected chi connectivity index (χ2v) is 5.64. The molecule has 0 amide bonds. The van der Waals surface area contributed by atoms with E-state index in [4.69, 9.17) is 5.73 Å². The number of pyridine rings is 1. The molecule has 3 heteroatoms. The second-order valence-electron chi connectivity index (χ2n) is 5.64. The molecule has 20 heavy (non-hydrogen) atoms. The first-order chi connectivity index (χ1) is 9.74. The van der Waals surface area contributed by atoms with Crippen molar-refractivity contribution in [2.75, 3.05) is 5.73 Å². The van der Waals surface area contributed by atoms with Gasteiger partial charge in [0.2, 0.25) is 0 Å². The zero-order valence-corrected chi connectivity index (χ0v) is 11.5. The molecule has 0 unspecified atom stereocenters. The highest BCUT2D eigenvalue weighted by Crippen LogP contribution is 2.34. The van der Waals surface area contributed by atoms with Gasteiger partial charge >= 0.3 is 0 Å². The molecule has 2 N–H and O–H groups in total. The number of nitrogens with zero attached hydrogens (tertiary/aromatic N) is 2. The van der Waals surface area contributed by atoms with Crippen LogP contribution in [0.1, 0.15) is 22.7 Å². The highest BCUT2D eigenvalue weighted by Gasteiger charge is 2.24. The summed E-state index contributed by atoms with van der Waals surface area (Å²) in [6.07, 6.45) is 6.22. The third kappa shape index (κ3) is 1.56. The van der Waals surface area contributed by atoms with Crippen molar-refractivity contribution >= 4 is 16.7 Å². The van der Waals surface area contributed by atoms with Gasteiger partial charge in [-0.15, -0.1) is 0 Å². The summed E-state index contributed by atoms with van der Waals surface area (Å²) in [4.78, 5) is 4.21. The Bertz CT molecular complexity index is 776. The largest absolute Gasteiger partial charge is 0.383 e. The van der Waals surface area contributed by atoms with Gasteiger partial charge in [-0.1, -0.05) is 24.3 Å². The van der Waals surface area contributed by atoms with Crippen LogP contribution in [0.5, 0.6) is 0 Å². The summed E-state index contributed by atoms with van der Waals surface area (Å²) in [5.41, 5.74) is 11.4. The van der Waals surface area contributed by atoms with E-state index in [-0.39, 0.29) is 0 Å². The van der Waals surface area contributed by atoms with Crippen LogP contribution in [0.4, 0.5) is 5.82 Å². The van der Waals surface area contributed by atoms with Crippen LogP contribution < -0.4 is 5.73 Å². The summed E-state index contributed by atoms with van der Waals surface area (Å²) in [5, 5.41) is 1.10. The van der Waals surface area contributed by atoms with Crippen molar-refractivity contribution in [3.05, 3.63) is 59.4 Å². The number of benzene rings is 1. The van der Waals surface area contributed by atoms with Gasteiger partial charge in [0.05, 0.1) is 5.52 Å². The molecule has 0 saturated heterocycles. The van der Waals surface area contributed by atoms with Crippen molar-refractivity contribution in [2.24, 2.45) is 0 Å². The molecule has 100 valence electrons. The van der Waals surface area contributed by atoms with Crippen LogP contribution >= 0.6 is 0 Å². The fraction of sp³-hybridized carbons (Fsp3) is 0.235. The van der Waals surface area contributed by atoms with Gasteiger partial charge in [-0.2, -0.15) is 0 Å². The Labute approximate surface area is 118 Å².